The van der Waals surface area contributed by atoms with Crippen molar-refractivity contribution >= 4 is 54.4 Å². The molecule has 19 heavy (non-hydrogen) atoms. The fourth-order valence-electron chi connectivity index (χ4n) is 2.04. The van der Waals surface area contributed by atoms with Crippen LogP contribution in [0, 0.1) is 5.92 Å². The van der Waals surface area contributed by atoms with Gasteiger partial charge in [0.25, 0.3) is 0 Å². The van der Waals surface area contributed by atoms with E-state index in [1.165, 1.54) is 0 Å². The van der Waals surface area contributed by atoms with E-state index in [2.05, 4.69) is 45.7 Å². The molecular weight excluding hydrogens is 393 g/mol. The largest absolute Gasteiger partial charge is 0.495 e. The van der Waals surface area contributed by atoms with Crippen LogP contribution < -0.4 is 4.74 Å². The molecule has 0 saturated carbocycles. The summed E-state index contributed by atoms with van der Waals surface area (Å²) in [6.07, 6.45) is 0.903. The maximum atomic E-state index is 6.41. The lowest BCUT2D eigenvalue weighted by molar-refractivity contribution is 0.417. The molecule has 0 bridgehead atoms. The first-order chi connectivity index (χ1) is 8.93. The van der Waals surface area contributed by atoms with E-state index in [1.54, 1.807) is 7.11 Å². The molecule has 0 unspecified atom stereocenters. The first-order valence-electron chi connectivity index (χ1n) is 5.95. The summed E-state index contributed by atoms with van der Waals surface area (Å²) in [7, 11) is 1.63. The molecule has 0 aliphatic heterocycles. The standard InChI is InChI=1S/C14H14Br2ClNO/c1-7(2)4-8-5-11(17)12-13(18-8)9(15)6-10(16)14(12)19-3/h5-7H,4H2,1-3H3. The number of hydrogen-bond donors (Lipinski definition) is 0. The molecule has 0 aliphatic rings. The summed E-state index contributed by atoms with van der Waals surface area (Å²) >= 11 is 13.4. The number of aromatic nitrogens is 1. The van der Waals surface area contributed by atoms with Gasteiger partial charge in [0, 0.05) is 10.2 Å². The van der Waals surface area contributed by atoms with Crippen molar-refractivity contribution < 1.29 is 4.74 Å². The lowest BCUT2D eigenvalue weighted by Gasteiger charge is -2.13. The van der Waals surface area contributed by atoms with Gasteiger partial charge in [0.05, 0.1) is 27.5 Å². The molecule has 0 atom stereocenters. The van der Waals surface area contributed by atoms with Gasteiger partial charge < -0.3 is 4.74 Å². The molecule has 2 rings (SSSR count). The highest BCUT2D eigenvalue weighted by Gasteiger charge is 2.16. The Labute approximate surface area is 134 Å². The predicted octanol–water partition coefficient (Wildman–Crippen LogP) is 5.62. The Kier molecular flexibility index (Phi) is 4.75. The van der Waals surface area contributed by atoms with Gasteiger partial charge in [-0.05, 0) is 56.3 Å². The minimum Gasteiger partial charge on any atom is -0.495 e. The van der Waals surface area contributed by atoms with Crippen molar-refractivity contribution in [2.24, 2.45) is 5.92 Å². The van der Waals surface area contributed by atoms with Crippen molar-refractivity contribution in [2.45, 2.75) is 20.3 Å². The number of rotatable bonds is 3. The first-order valence-corrected chi connectivity index (χ1v) is 7.91. The fraction of sp³-hybridized carbons (Fsp3) is 0.357. The number of nitrogens with zero attached hydrogens (tertiary/aromatic N) is 1. The highest BCUT2D eigenvalue weighted by Crippen LogP contribution is 2.41. The van der Waals surface area contributed by atoms with Crippen LogP contribution in [0.25, 0.3) is 10.9 Å². The molecule has 0 N–H and O–H groups in total. The van der Waals surface area contributed by atoms with Gasteiger partial charge in [0.2, 0.25) is 0 Å². The minimum atomic E-state index is 0.539. The Morgan fingerprint density at radius 3 is 2.53 bits per heavy atom. The lowest BCUT2D eigenvalue weighted by atomic mass is 10.1. The predicted molar refractivity (Wildman–Crippen MR) is 87.2 cm³/mol. The van der Waals surface area contributed by atoms with E-state index >= 15 is 0 Å². The molecule has 2 aromatic rings. The van der Waals surface area contributed by atoms with Crippen molar-refractivity contribution in [2.75, 3.05) is 7.11 Å². The van der Waals surface area contributed by atoms with Gasteiger partial charge in [-0.2, -0.15) is 0 Å². The van der Waals surface area contributed by atoms with Gasteiger partial charge in [-0.3, -0.25) is 4.98 Å². The van der Waals surface area contributed by atoms with Gasteiger partial charge in [-0.1, -0.05) is 25.4 Å². The fourth-order valence-corrected chi connectivity index (χ4v) is 3.75. The third kappa shape index (κ3) is 3.06. The van der Waals surface area contributed by atoms with Gasteiger partial charge in [-0.15, -0.1) is 0 Å². The van der Waals surface area contributed by atoms with Crippen molar-refractivity contribution in [1.29, 1.82) is 0 Å². The van der Waals surface area contributed by atoms with E-state index in [0.29, 0.717) is 16.7 Å². The normalized spacial score (nSPS) is 11.3. The summed E-state index contributed by atoms with van der Waals surface area (Å²) in [5.41, 5.74) is 1.83. The van der Waals surface area contributed by atoms with E-state index in [4.69, 9.17) is 21.3 Å². The topological polar surface area (TPSA) is 22.1 Å². The zero-order chi connectivity index (χ0) is 14.2. The molecule has 0 spiro atoms. The van der Waals surface area contributed by atoms with Crippen molar-refractivity contribution in [3.8, 4) is 5.75 Å². The second kappa shape index (κ2) is 5.98. The highest BCUT2D eigenvalue weighted by atomic mass is 79.9. The van der Waals surface area contributed by atoms with Crippen molar-refractivity contribution in [1.82, 2.24) is 4.98 Å². The Bertz CT molecular complexity index is 629. The maximum absolute atomic E-state index is 6.41. The molecular formula is C14H14Br2ClNO. The molecule has 1 heterocycles. The first kappa shape index (κ1) is 15.1. The Morgan fingerprint density at radius 2 is 1.95 bits per heavy atom. The van der Waals surface area contributed by atoms with Crippen LogP contribution in [-0.4, -0.2) is 12.1 Å². The molecule has 1 aromatic heterocycles. The van der Waals surface area contributed by atoms with E-state index in [0.717, 1.165) is 32.0 Å². The van der Waals surface area contributed by atoms with Crippen LogP contribution in [0.15, 0.2) is 21.1 Å². The second-order valence-corrected chi connectivity index (χ2v) is 6.91. The number of fused-ring (bicyclic) bond motifs is 1. The number of ether oxygens (including phenoxy) is 1. The van der Waals surface area contributed by atoms with Crippen LogP contribution in [0.2, 0.25) is 5.02 Å². The monoisotopic (exact) mass is 405 g/mol. The smallest absolute Gasteiger partial charge is 0.144 e. The van der Waals surface area contributed by atoms with Crippen LogP contribution >= 0.6 is 43.5 Å². The molecule has 0 saturated heterocycles. The summed E-state index contributed by atoms with van der Waals surface area (Å²) in [4.78, 5) is 4.69. The average molecular weight is 408 g/mol. The van der Waals surface area contributed by atoms with Gasteiger partial charge in [0.1, 0.15) is 5.75 Å². The third-order valence-corrected chi connectivity index (χ3v) is 4.26. The maximum Gasteiger partial charge on any atom is 0.144 e. The third-order valence-electron chi connectivity index (χ3n) is 2.77. The Morgan fingerprint density at radius 1 is 1.26 bits per heavy atom. The summed E-state index contributed by atoms with van der Waals surface area (Å²) in [6.45, 7) is 4.33. The van der Waals surface area contributed by atoms with Crippen LogP contribution in [0.1, 0.15) is 19.5 Å². The Hall–Kier alpha value is -0.320. The lowest BCUT2D eigenvalue weighted by Crippen LogP contribution is -1.99. The molecule has 0 aliphatic carbocycles. The molecule has 0 fully saturated rings. The highest BCUT2D eigenvalue weighted by molar-refractivity contribution is 9.11. The minimum absolute atomic E-state index is 0.539. The van der Waals surface area contributed by atoms with Gasteiger partial charge >= 0.3 is 0 Å². The average Bonchev–Trinajstić information content (AvgIpc) is 2.30. The molecule has 0 amide bonds. The molecule has 5 heteroatoms. The van der Waals surface area contributed by atoms with Gasteiger partial charge in [0.15, 0.2) is 0 Å². The van der Waals surface area contributed by atoms with Crippen LogP contribution in [0.5, 0.6) is 5.75 Å². The van der Waals surface area contributed by atoms with Crippen LogP contribution in [0.3, 0.4) is 0 Å². The number of methoxy groups -OCH3 is 1. The Balaban J connectivity index is 2.75. The molecule has 102 valence electrons. The number of benzene rings is 1. The van der Waals surface area contributed by atoms with E-state index in [1.807, 2.05) is 12.1 Å². The number of hydrogen-bond acceptors (Lipinski definition) is 2. The summed E-state index contributed by atoms with van der Waals surface area (Å²) in [5, 5.41) is 1.50. The van der Waals surface area contributed by atoms with E-state index < -0.39 is 0 Å². The molecule has 0 radical (unpaired) electrons. The van der Waals surface area contributed by atoms with Gasteiger partial charge in [-0.25, -0.2) is 0 Å². The zero-order valence-electron chi connectivity index (χ0n) is 10.9. The summed E-state index contributed by atoms with van der Waals surface area (Å²) in [6, 6.07) is 3.86. The van der Waals surface area contributed by atoms with E-state index in [-0.39, 0.29) is 0 Å². The SMILES string of the molecule is COc1c(Br)cc(Br)c2nc(CC(C)C)cc(Cl)c12. The molecule has 2 nitrogen and oxygen atoms in total. The summed E-state index contributed by atoms with van der Waals surface area (Å²) < 4.78 is 7.18. The number of pyridine rings is 1. The zero-order valence-corrected chi connectivity index (χ0v) is 14.9. The quantitative estimate of drug-likeness (QED) is 0.659. The van der Waals surface area contributed by atoms with Crippen LogP contribution in [-0.2, 0) is 6.42 Å². The number of halogens is 3. The summed E-state index contributed by atoms with van der Waals surface area (Å²) in [5.74, 6) is 1.25. The van der Waals surface area contributed by atoms with Crippen molar-refractivity contribution in [3.63, 3.8) is 0 Å². The van der Waals surface area contributed by atoms with E-state index in [9.17, 15) is 0 Å². The van der Waals surface area contributed by atoms with Crippen molar-refractivity contribution in [3.05, 3.63) is 31.8 Å². The molecule has 1 aromatic carbocycles. The van der Waals surface area contributed by atoms with Crippen LogP contribution in [0.4, 0.5) is 0 Å². The second-order valence-electron chi connectivity index (χ2n) is 4.79.